The van der Waals surface area contributed by atoms with Crippen LogP contribution in [0.1, 0.15) is 28.4 Å². The van der Waals surface area contributed by atoms with Crippen molar-refractivity contribution in [3.8, 4) is 5.75 Å². The lowest BCUT2D eigenvalue weighted by Crippen LogP contribution is -2.62. The highest BCUT2D eigenvalue weighted by atomic mass is 16.8. The minimum Gasteiger partial charge on any atom is -0.507 e. The molecule has 3 saturated heterocycles. The van der Waals surface area contributed by atoms with Gasteiger partial charge in [-0.05, 0) is 72.8 Å². The van der Waals surface area contributed by atoms with E-state index in [1.54, 1.807) is 38.2 Å². The maximum absolute atomic E-state index is 13.9. The molecule has 0 radical (unpaired) electrons. The van der Waals surface area contributed by atoms with E-state index in [-0.39, 0.29) is 24.5 Å². The van der Waals surface area contributed by atoms with E-state index in [1.807, 2.05) is 13.0 Å². The van der Waals surface area contributed by atoms with Crippen molar-refractivity contribution in [3.05, 3.63) is 64.3 Å². The normalized spacial score (nSPS) is 37.1. The van der Waals surface area contributed by atoms with Crippen molar-refractivity contribution in [2.45, 2.75) is 81.1 Å². The molecule has 2 aromatic rings. The number of fused-ring (bicyclic) bond motifs is 4. The fraction of sp³-hybridized carbons (Fsp3) is 0.484. The lowest BCUT2D eigenvalue weighted by atomic mass is 9.93. The van der Waals surface area contributed by atoms with Crippen LogP contribution < -0.4 is 5.32 Å². The first-order valence-corrected chi connectivity index (χ1v) is 14.4. The Kier molecular flexibility index (Phi) is 6.97. The lowest BCUT2D eigenvalue weighted by Gasteiger charge is -2.42. The molecular weight excluding hydrogens is 578 g/mol. The summed E-state index contributed by atoms with van der Waals surface area (Å²) >= 11 is 0. The Morgan fingerprint density at radius 2 is 1.95 bits per heavy atom. The quantitative estimate of drug-likeness (QED) is 0.220. The van der Waals surface area contributed by atoms with E-state index in [9.17, 15) is 30.0 Å². The molecule has 7 rings (SSSR count). The van der Waals surface area contributed by atoms with Crippen molar-refractivity contribution >= 4 is 22.9 Å². The molecule has 0 spiro atoms. The molecule has 3 heterocycles. The van der Waals surface area contributed by atoms with Gasteiger partial charge in [-0.25, -0.2) is 9.59 Å². The predicted molar refractivity (Wildman–Crippen MR) is 150 cm³/mol. The van der Waals surface area contributed by atoms with Gasteiger partial charge < -0.3 is 54.2 Å². The number of phenols is 1. The highest BCUT2D eigenvalue weighted by Crippen LogP contribution is 2.60. The largest absolute Gasteiger partial charge is 0.508 e. The standard InChI is InChI=1S/C31H33NO12/c1-12-6-14(10-33)7-16-15(12)4-5-19(34)23(16)28(37)41-20-9-18-17(8-21-31(18,44-21)22-11-39-30(38)42-22)27(20)43-29-24(32-3)26(36)25(35)13(2)40-29/h4-9,13,20-22,24-27,29,32-36H,10-11H2,1-3H3/t13?,20-,21-,22-,24?,25+,26?,27-,29+,31+/m1/s1. The summed E-state index contributed by atoms with van der Waals surface area (Å²) in [5, 5.41) is 45.8. The number of aryl methyl sites for hydroxylation is 1. The molecule has 5 N–H and O–H groups in total. The Morgan fingerprint density at radius 1 is 1.16 bits per heavy atom. The molecule has 0 bridgehead atoms. The molecule has 3 unspecified atom stereocenters. The zero-order valence-electron chi connectivity index (χ0n) is 24.1. The van der Waals surface area contributed by atoms with Gasteiger partial charge in [0.2, 0.25) is 0 Å². The Bertz CT molecular complexity index is 1600. The first-order chi connectivity index (χ1) is 21.1. The van der Waals surface area contributed by atoms with Crippen molar-refractivity contribution in [2.75, 3.05) is 13.7 Å². The second-order valence-corrected chi connectivity index (χ2v) is 11.8. The molecule has 13 heteroatoms. The number of rotatable bonds is 7. The number of hydrogen-bond acceptors (Lipinski definition) is 13. The highest BCUT2D eigenvalue weighted by molar-refractivity contribution is 6.08. The first-order valence-electron chi connectivity index (χ1n) is 14.4. The Hall–Kier alpha value is -3.56. The molecule has 0 saturated carbocycles. The van der Waals surface area contributed by atoms with Crippen LogP contribution in [-0.2, 0) is 35.0 Å². The number of aliphatic hydroxyl groups is 3. The number of likely N-dealkylation sites (N-methyl/N-ethyl adjacent to an activating group) is 1. The van der Waals surface area contributed by atoms with E-state index in [0.717, 1.165) is 5.56 Å². The Balaban J connectivity index is 1.25. The predicted octanol–water partition coefficient (Wildman–Crippen LogP) is 0.864. The van der Waals surface area contributed by atoms with Crippen molar-refractivity contribution in [3.63, 3.8) is 0 Å². The molecule has 3 aliphatic heterocycles. The number of phenolic OH excluding ortho intramolecular Hbond substituents is 1. The van der Waals surface area contributed by atoms with E-state index < -0.39 is 72.8 Å². The van der Waals surface area contributed by atoms with Crippen LogP contribution in [0.3, 0.4) is 0 Å². The van der Waals surface area contributed by atoms with Crippen LogP contribution >= 0.6 is 0 Å². The zero-order chi connectivity index (χ0) is 31.1. The fourth-order valence-electron chi connectivity index (χ4n) is 6.92. The summed E-state index contributed by atoms with van der Waals surface area (Å²) in [5.74, 6) is -1.14. The summed E-state index contributed by atoms with van der Waals surface area (Å²) in [5.41, 5.74) is 1.51. The summed E-state index contributed by atoms with van der Waals surface area (Å²) < 4.78 is 34.8. The van der Waals surface area contributed by atoms with Crippen LogP contribution in [0.2, 0.25) is 0 Å². The van der Waals surface area contributed by atoms with Crippen LogP contribution in [0.25, 0.3) is 10.8 Å². The zero-order valence-corrected chi connectivity index (χ0v) is 24.1. The van der Waals surface area contributed by atoms with Gasteiger partial charge >= 0.3 is 12.1 Å². The van der Waals surface area contributed by atoms with Gasteiger partial charge in [-0.15, -0.1) is 0 Å². The number of aromatic hydroxyl groups is 1. The minimum atomic E-state index is -1.21. The lowest BCUT2D eigenvalue weighted by molar-refractivity contribution is -0.273. The van der Waals surface area contributed by atoms with Gasteiger partial charge in [0.25, 0.3) is 0 Å². The number of esters is 1. The Labute approximate surface area is 251 Å². The van der Waals surface area contributed by atoms with E-state index >= 15 is 0 Å². The number of aliphatic hydroxyl groups excluding tert-OH is 3. The van der Waals surface area contributed by atoms with Gasteiger partial charge in [0.1, 0.15) is 42.3 Å². The molecule has 5 aliphatic rings. The van der Waals surface area contributed by atoms with Crippen molar-refractivity contribution < 1.29 is 58.4 Å². The maximum atomic E-state index is 13.9. The van der Waals surface area contributed by atoms with Gasteiger partial charge in [0.15, 0.2) is 24.1 Å². The SMILES string of the molecule is CNC1C(O)[C@@H](O)C(C)O[C@H]1O[C@@H]1C2=C[C@H]3O[C@@]3([C@H]3COC(=O)O3)C2=C[C@H]1OC(=O)c1c(O)ccc2c(C)cc(CO)cc12. The highest BCUT2D eigenvalue weighted by Gasteiger charge is 2.72. The summed E-state index contributed by atoms with van der Waals surface area (Å²) in [6.07, 6.45) is -4.67. The molecular formula is C31H33NO12. The maximum Gasteiger partial charge on any atom is 0.508 e. The molecule has 234 valence electrons. The van der Waals surface area contributed by atoms with Crippen LogP contribution in [-0.4, -0.2) is 107 Å². The number of nitrogens with one attached hydrogen (secondary N) is 1. The van der Waals surface area contributed by atoms with E-state index in [1.165, 1.54) is 6.07 Å². The molecule has 0 aromatic heterocycles. The molecule has 13 nitrogen and oxygen atoms in total. The third-order valence-corrected chi connectivity index (χ3v) is 9.22. The summed E-state index contributed by atoms with van der Waals surface area (Å²) in [7, 11) is 1.60. The smallest absolute Gasteiger partial charge is 0.507 e. The van der Waals surface area contributed by atoms with Gasteiger partial charge in [-0.3, -0.25) is 0 Å². The molecule has 2 aliphatic carbocycles. The van der Waals surface area contributed by atoms with Crippen molar-refractivity contribution in [1.82, 2.24) is 5.32 Å². The molecule has 44 heavy (non-hydrogen) atoms. The fourth-order valence-corrected chi connectivity index (χ4v) is 6.92. The van der Waals surface area contributed by atoms with Crippen LogP contribution in [0.5, 0.6) is 5.75 Å². The number of hydrogen-bond donors (Lipinski definition) is 5. The van der Waals surface area contributed by atoms with Crippen LogP contribution in [0.15, 0.2) is 47.6 Å². The summed E-state index contributed by atoms with van der Waals surface area (Å²) in [6.45, 7) is 3.17. The molecule has 2 aromatic carbocycles. The van der Waals surface area contributed by atoms with Gasteiger partial charge in [-0.1, -0.05) is 12.1 Å². The van der Waals surface area contributed by atoms with Gasteiger partial charge in [0, 0.05) is 5.39 Å². The number of benzene rings is 2. The monoisotopic (exact) mass is 611 g/mol. The summed E-state index contributed by atoms with van der Waals surface area (Å²) in [6, 6.07) is 5.71. The van der Waals surface area contributed by atoms with Gasteiger partial charge in [0.05, 0.1) is 18.8 Å². The van der Waals surface area contributed by atoms with Crippen molar-refractivity contribution in [2.24, 2.45) is 0 Å². The second-order valence-electron chi connectivity index (χ2n) is 11.8. The van der Waals surface area contributed by atoms with Crippen molar-refractivity contribution in [1.29, 1.82) is 0 Å². The topological polar surface area (TPSA) is 186 Å². The molecule has 3 fully saturated rings. The van der Waals surface area contributed by atoms with E-state index in [4.69, 9.17) is 28.4 Å². The Morgan fingerprint density at radius 3 is 2.66 bits per heavy atom. The number of epoxide rings is 1. The third-order valence-electron chi connectivity index (χ3n) is 9.22. The first kappa shape index (κ1) is 29.2. The van der Waals surface area contributed by atoms with Crippen LogP contribution in [0, 0.1) is 6.92 Å². The number of ether oxygens (including phenoxy) is 6. The third kappa shape index (κ3) is 4.34. The molecule has 10 atom stereocenters. The minimum absolute atomic E-state index is 0.0185. The van der Waals surface area contributed by atoms with Gasteiger partial charge in [-0.2, -0.15) is 0 Å². The van der Waals surface area contributed by atoms with Crippen LogP contribution in [0.4, 0.5) is 4.79 Å². The number of carbonyl (C=O) groups is 2. The molecule has 0 amide bonds. The average molecular weight is 612 g/mol. The number of carbonyl (C=O) groups excluding carboxylic acids is 2. The second kappa shape index (κ2) is 10.5. The van der Waals surface area contributed by atoms with E-state index in [2.05, 4.69) is 5.32 Å². The number of cyclic esters (lactones) is 2. The van der Waals surface area contributed by atoms with E-state index in [0.29, 0.717) is 27.5 Å². The average Bonchev–Trinajstić information content (AvgIpc) is 3.21. The summed E-state index contributed by atoms with van der Waals surface area (Å²) in [4.78, 5) is 25.6.